The Kier molecular flexibility index (Phi) is 8.29. The highest BCUT2D eigenvalue weighted by atomic mass is 127. The van der Waals surface area contributed by atoms with Gasteiger partial charge < -0.3 is 16.4 Å². The summed E-state index contributed by atoms with van der Waals surface area (Å²) in [5.41, 5.74) is 4.58. The smallest absolute Gasteiger partial charge is 0.370 e. The van der Waals surface area contributed by atoms with Crippen molar-refractivity contribution in [1.82, 2.24) is 15.3 Å². The van der Waals surface area contributed by atoms with Crippen LogP contribution in [0.25, 0.3) is 0 Å². The molecule has 1 aromatic rings. The number of nitrogens with two attached hydrogens (primary N) is 1. The van der Waals surface area contributed by atoms with Gasteiger partial charge in [-0.15, -0.1) is 24.0 Å². The maximum Gasteiger partial charge on any atom is 0.433 e. The molecule has 0 bridgehead atoms. The predicted octanol–water partition coefficient (Wildman–Crippen LogP) is 1.84. The minimum atomic E-state index is -4.48. The van der Waals surface area contributed by atoms with Gasteiger partial charge >= 0.3 is 6.18 Å². The van der Waals surface area contributed by atoms with Gasteiger partial charge in [0.25, 0.3) is 0 Å². The SMILES string of the molecule is CC(C)NC(N)=NCCNc1nccc(C(F)(F)F)n1.I. The zero-order valence-electron chi connectivity index (χ0n) is 11.6. The van der Waals surface area contributed by atoms with Crippen LogP contribution in [0.2, 0.25) is 0 Å². The van der Waals surface area contributed by atoms with Gasteiger partial charge in [-0.1, -0.05) is 0 Å². The highest BCUT2D eigenvalue weighted by molar-refractivity contribution is 14.0. The summed E-state index contributed by atoms with van der Waals surface area (Å²) in [6.45, 7) is 4.40. The summed E-state index contributed by atoms with van der Waals surface area (Å²) in [6.07, 6.45) is -3.43. The standard InChI is InChI=1S/C11H17F3N6.HI/c1-7(2)19-9(15)16-5-6-18-10-17-4-3-8(20-10)11(12,13)14;/h3-4,7H,5-6H2,1-2H3,(H3,15,16,19)(H,17,18,20);1H. The van der Waals surface area contributed by atoms with Crippen LogP contribution in [-0.4, -0.2) is 35.1 Å². The third-order valence-electron chi connectivity index (χ3n) is 2.06. The molecule has 0 unspecified atom stereocenters. The molecule has 0 saturated carbocycles. The van der Waals surface area contributed by atoms with E-state index in [1.807, 2.05) is 13.8 Å². The van der Waals surface area contributed by atoms with Gasteiger partial charge in [0.2, 0.25) is 5.95 Å². The van der Waals surface area contributed by atoms with Crippen molar-refractivity contribution in [3.63, 3.8) is 0 Å². The zero-order valence-corrected chi connectivity index (χ0v) is 13.9. The molecular weight excluding hydrogens is 400 g/mol. The molecule has 1 rings (SSSR count). The first-order chi connectivity index (χ1) is 9.29. The first kappa shape index (κ1) is 19.7. The number of nitrogens with one attached hydrogen (secondary N) is 2. The number of aliphatic imine (C=N–C) groups is 1. The van der Waals surface area contributed by atoms with Crippen molar-refractivity contribution in [3.05, 3.63) is 18.0 Å². The number of guanidine groups is 1. The maximum absolute atomic E-state index is 12.4. The van der Waals surface area contributed by atoms with Crippen molar-refractivity contribution in [3.8, 4) is 0 Å². The molecule has 0 aliphatic carbocycles. The number of rotatable bonds is 5. The summed E-state index contributed by atoms with van der Waals surface area (Å²) in [5.74, 6) is 0.192. The number of alkyl halides is 3. The highest BCUT2D eigenvalue weighted by Gasteiger charge is 2.32. The zero-order chi connectivity index (χ0) is 15.2. The summed E-state index contributed by atoms with van der Waals surface area (Å²) < 4.78 is 37.3. The van der Waals surface area contributed by atoms with E-state index in [0.29, 0.717) is 6.54 Å². The van der Waals surface area contributed by atoms with Crippen molar-refractivity contribution in [1.29, 1.82) is 0 Å². The van der Waals surface area contributed by atoms with Gasteiger partial charge in [-0.25, -0.2) is 9.97 Å². The van der Waals surface area contributed by atoms with Crippen molar-refractivity contribution < 1.29 is 13.2 Å². The lowest BCUT2D eigenvalue weighted by Crippen LogP contribution is -2.37. The summed E-state index contributed by atoms with van der Waals surface area (Å²) >= 11 is 0. The largest absolute Gasteiger partial charge is 0.433 e. The lowest BCUT2D eigenvalue weighted by Gasteiger charge is -2.09. The Balaban J connectivity index is 0.00000400. The number of nitrogens with zero attached hydrogens (tertiary/aromatic N) is 3. The van der Waals surface area contributed by atoms with Crippen LogP contribution in [0, 0.1) is 0 Å². The van der Waals surface area contributed by atoms with Crippen molar-refractivity contribution >= 4 is 35.9 Å². The molecule has 0 saturated heterocycles. The molecule has 0 aliphatic rings. The lowest BCUT2D eigenvalue weighted by atomic mass is 10.4. The molecule has 0 aromatic carbocycles. The maximum atomic E-state index is 12.4. The predicted molar refractivity (Wildman–Crippen MR) is 85.7 cm³/mol. The summed E-state index contributed by atoms with van der Waals surface area (Å²) in [7, 11) is 0. The minimum Gasteiger partial charge on any atom is -0.370 e. The van der Waals surface area contributed by atoms with Crippen LogP contribution in [0.4, 0.5) is 19.1 Å². The van der Waals surface area contributed by atoms with Crippen LogP contribution < -0.4 is 16.4 Å². The molecule has 1 heterocycles. The second-order valence-electron chi connectivity index (χ2n) is 4.26. The van der Waals surface area contributed by atoms with E-state index in [0.717, 1.165) is 12.3 Å². The van der Waals surface area contributed by atoms with Crippen LogP contribution in [0.5, 0.6) is 0 Å². The van der Waals surface area contributed by atoms with E-state index >= 15 is 0 Å². The van der Waals surface area contributed by atoms with E-state index in [1.165, 1.54) is 0 Å². The second-order valence-corrected chi connectivity index (χ2v) is 4.26. The van der Waals surface area contributed by atoms with E-state index in [1.54, 1.807) is 0 Å². The van der Waals surface area contributed by atoms with Crippen molar-refractivity contribution in [2.24, 2.45) is 10.7 Å². The second kappa shape index (κ2) is 8.85. The molecule has 10 heteroatoms. The van der Waals surface area contributed by atoms with E-state index in [-0.39, 0.29) is 48.5 Å². The number of aromatic nitrogens is 2. The Morgan fingerprint density at radius 3 is 2.67 bits per heavy atom. The Labute approximate surface area is 137 Å². The first-order valence-corrected chi connectivity index (χ1v) is 5.99. The number of hydrogen-bond donors (Lipinski definition) is 3. The Morgan fingerprint density at radius 2 is 2.10 bits per heavy atom. The lowest BCUT2D eigenvalue weighted by molar-refractivity contribution is -0.141. The highest BCUT2D eigenvalue weighted by Crippen LogP contribution is 2.27. The van der Waals surface area contributed by atoms with E-state index < -0.39 is 11.9 Å². The fourth-order valence-electron chi connectivity index (χ4n) is 1.29. The molecule has 21 heavy (non-hydrogen) atoms. The number of hydrogen-bond acceptors (Lipinski definition) is 4. The molecule has 0 aliphatic heterocycles. The Bertz CT molecular complexity index is 464. The number of anilines is 1. The number of halogens is 4. The molecule has 0 amide bonds. The van der Waals surface area contributed by atoms with Gasteiger partial charge in [0.1, 0.15) is 5.69 Å². The van der Waals surface area contributed by atoms with Gasteiger partial charge in [0, 0.05) is 18.8 Å². The quantitative estimate of drug-likeness (QED) is 0.294. The molecule has 0 radical (unpaired) electrons. The summed E-state index contributed by atoms with van der Waals surface area (Å²) in [5, 5.41) is 5.54. The van der Waals surface area contributed by atoms with Gasteiger partial charge in [-0.2, -0.15) is 13.2 Å². The van der Waals surface area contributed by atoms with Gasteiger partial charge in [0.15, 0.2) is 5.96 Å². The monoisotopic (exact) mass is 418 g/mol. The summed E-state index contributed by atoms with van der Waals surface area (Å²) in [6, 6.07) is 0.979. The third-order valence-corrected chi connectivity index (χ3v) is 2.06. The summed E-state index contributed by atoms with van der Waals surface area (Å²) in [4.78, 5) is 11.1. The van der Waals surface area contributed by atoms with E-state index in [4.69, 9.17) is 5.73 Å². The topological polar surface area (TPSA) is 88.2 Å². The molecule has 0 spiro atoms. The van der Waals surface area contributed by atoms with Crippen molar-refractivity contribution in [2.45, 2.75) is 26.1 Å². The molecule has 6 nitrogen and oxygen atoms in total. The first-order valence-electron chi connectivity index (χ1n) is 5.99. The average molecular weight is 418 g/mol. The van der Waals surface area contributed by atoms with E-state index in [9.17, 15) is 13.2 Å². The van der Waals surface area contributed by atoms with E-state index in [2.05, 4.69) is 25.6 Å². The minimum absolute atomic E-state index is 0. The van der Waals surface area contributed by atoms with Crippen LogP contribution in [-0.2, 0) is 6.18 Å². The molecule has 0 atom stereocenters. The molecule has 1 aromatic heterocycles. The Hall–Kier alpha value is -1.33. The Morgan fingerprint density at radius 1 is 1.43 bits per heavy atom. The third kappa shape index (κ3) is 7.87. The molecule has 4 N–H and O–H groups in total. The van der Waals surface area contributed by atoms with Gasteiger partial charge in [-0.3, -0.25) is 4.99 Å². The van der Waals surface area contributed by atoms with Crippen LogP contribution in [0.1, 0.15) is 19.5 Å². The van der Waals surface area contributed by atoms with Gasteiger partial charge in [-0.05, 0) is 19.9 Å². The van der Waals surface area contributed by atoms with Crippen LogP contribution >= 0.6 is 24.0 Å². The average Bonchev–Trinajstić information content (AvgIpc) is 2.33. The van der Waals surface area contributed by atoms with Gasteiger partial charge in [0.05, 0.1) is 6.54 Å². The van der Waals surface area contributed by atoms with Crippen molar-refractivity contribution in [2.75, 3.05) is 18.4 Å². The molecule has 120 valence electrons. The molecular formula is C11H18F3IN6. The fourth-order valence-corrected chi connectivity index (χ4v) is 1.29. The normalized spacial score (nSPS) is 12.0. The van der Waals surface area contributed by atoms with Crippen LogP contribution in [0.3, 0.4) is 0 Å². The van der Waals surface area contributed by atoms with Crippen LogP contribution in [0.15, 0.2) is 17.3 Å². The molecule has 0 fully saturated rings. The fraction of sp³-hybridized carbons (Fsp3) is 0.545.